The van der Waals surface area contributed by atoms with Crippen LogP contribution in [-0.4, -0.2) is 21.7 Å². The van der Waals surface area contributed by atoms with E-state index in [1.165, 1.54) is 28.5 Å². The molecule has 2 rings (SSSR count). The van der Waals surface area contributed by atoms with Gasteiger partial charge in [0.25, 0.3) is 5.91 Å². The van der Waals surface area contributed by atoms with Crippen LogP contribution in [0, 0.1) is 20.8 Å². The fraction of sp³-hybridized carbons (Fsp3) is 0.333. The van der Waals surface area contributed by atoms with Crippen LogP contribution in [0.2, 0.25) is 0 Å². The maximum atomic E-state index is 12.2. The first-order valence-corrected chi connectivity index (χ1v) is 7.49. The van der Waals surface area contributed by atoms with Crippen molar-refractivity contribution in [2.24, 2.45) is 0 Å². The van der Waals surface area contributed by atoms with E-state index in [2.05, 4.69) is 32.9 Å². The average molecular weight is 291 g/mol. The van der Waals surface area contributed by atoms with Gasteiger partial charge in [0.2, 0.25) is 0 Å². The Morgan fingerprint density at radius 2 is 1.84 bits per heavy atom. The zero-order chi connectivity index (χ0) is 14.2. The lowest BCUT2D eigenvalue weighted by Crippen LogP contribution is -2.27. The van der Waals surface area contributed by atoms with Gasteiger partial charge in [-0.05, 0) is 56.0 Å². The molecule has 19 heavy (non-hydrogen) atoms. The number of thiocarbonyl (C=S) groups is 1. The van der Waals surface area contributed by atoms with Gasteiger partial charge in [-0.15, -0.1) is 0 Å². The van der Waals surface area contributed by atoms with E-state index >= 15 is 0 Å². The van der Waals surface area contributed by atoms with Crippen LogP contribution in [0.1, 0.15) is 29.2 Å². The van der Waals surface area contributed by atoms with Crippen LogP contribution in [-0.2, 0) is 4.79 Å². The molecule has 1 aromatic carbocycles. The monoisotopic (exact) mass is 291 g/mol. The number of rotatable bonds is 2. The summed E-state index contributed by atoms with van der Waals surface area (Å²) in [5, 5.41) is 0. The molecule has 1 heterocycles. The number of aryl methyl sites for hydroxylation is 3. The summed E-state index contributed by atoms with van der Waals surface area (Å²) in [6.07, 6.45) is 1.96. The van der Waals surface area contributed by atoms with Crippen molar-refractivity contribution in [3.8, 4) is 0 Å². The molecule has 0 radical (unpaired) electrons. The van der Waals surface area contributed by atoms with Crippen LogP contribution in [0.25, 0.3) is 6.08 Å². The van der Waals surface area contributed by atoms with Gasteiger partial charge in [0.1, 0.15) is 4.32 Å². The minimum atomic E-state index is 0.0233. The molecular formula is C15H17NOS2. The first kappa shape index (κ1) is 14.3. The van der Waals surface area contributed by atoms with Crippen molar-refractivity contribution in [2.45, 2.75) is 27.7 Å². The van der Waals surface area contributed by atoms with E-state index in [1.54, 1.807) is 4.90 Å². The van der Waals surface area contributed by atoms with E-state index in [4.69, 9.17) is 12.2 Å². The molecule has 0 spiro atoms. The number of nitrogens with zero attached hydrogens (tertiary/aromatic N) is 1. The second-order valence-electron chi connectivity index (χ2n) is 4.72. The Morgan fingerprint density at radius 3 is 2.42 bits per heavy atom. The molecule has 0 saturated carbocycles. The zero-order valence-electron chi connectivity index (χ0n) is 11.6. The van der Waals surface area contributed by atoms with E-state index in [0.29, 0.717) is 10.9 Å². The van der Waals surface area contributed by atoms with Crippen molar-refractivity contribution >= 4 is 40.3 Å². The molecule has 1 aromatic rings. The van der Waals surface area contributed by atoms with Gasteiger partial charge in [0, 0.05) is 6.54 Å². The number of likely N-dealkylation sites (N-methyl/N-ethyl adjacent to an activating group) is 1. The molecule has 1 amide bonds. The molecule has 2 nitrogen and oxygen atoms in total. The third-order valence-corrected chi connectivity index (χ3v) is 4.74. The standard InChI is InChI=1S/C15H17NOS2/c1-5-16-14(17)13(19-15(16)18)8-12-7-10(3)9(2)6-11(12)4/h6-8H,5H2,1-4H3/b13-8+. The first-order valence-electron chi connectivity index (χ1n) is 6.27. The molecular weight excluding hydrogens is 274 g/mol. The highest BCUT2D eigenvalue weighted by atomic mass is 32.2. The highest BCUT2D eigenvalue weighted by Crippen LogP contribution is 2.33. The molecule has 100 valence electrons. The van der Waals surface area contributed by atoms with Crippen LogP contribution in [0.4, 0.5) is 0 Å². The van der Waals surface area contributed by atoms with E-state index < -0.39 is 0 Å². The fourth-order valence-electron chi connectivity index (χ4n) is 2.05. The number of amides is 1. The summed E-state index contributed by atoms with van der Waals surface area (Å²) in [6.45, 7) is 8.83. The summed E-state index contributed by atoms with van der Waals surface area (Å²) in [7, 11) is 0. The minimum Gasteiger partial charge on any atom is -0.293 e. The Bertz CT molecular complexity index is 590. The van der Waals surface area contributed by atoms with Gasteiger partial charge >= 0.3 is 0 Å². The molecule has 1 aliphatic rings. The van der Waals surface area contributed by atoms with Crippen LogP contribution in [0.15, 0.2) is 17.0 Å². The van der Waals surface area contributed by atoms with Crippen LogP contribution < -0.4 is 0 Å². The normalized spacial score (nSPS) is 17.7. The van der Waals surface area contributed by atoms with E-state index in [9.17, 15) is 4.79 Å². The SMILES string of the molecule is CCN1C(=O)/C(=C\c2cc(C)c(C)cc2C)SC1=S. The molecule has 1 aliphatic heterocycles. The Balaban J connectivity index is 2.40. The second kappa shape index (κ2) is 5.47. The van der Waals surface area contributed by atoms with Gasteiger partial charge in [-0.2, -0.15) is 0 Å². The van der Waals surface area contributed by atoms with Gasteiger partial charge in [-0.1, -0.05) is 36.1 Å². The quantitative estimate of drug-likeness (QED) is 0.610. The molecule has 0 unspecified atom stereocenters. The largest absolute Gasteiger partial charge is 0.293 e. The predicted octanol–water partition coefficient (Wildman–Crippen LogP) is 3.83. The van der Waals surface area contributed by atoms with Gasteiger partial charge in [-0.25, -0.2) is 0 Å². The van der Waals surface area contributed by atoms with Crippen molar-refractivity contribution in [3.05, 3.63) is 39.3 Å². The molecule has 0 aromatic heterocycles. The van der Waals surface area contributed by atoms with Crippen LogP contribution >= 0.6 is 24.0 Å². The number of carbonyl (C=O) groups is 1. The van der Waals surface area contributed by atoms with Crippen molar-refractivity contribution in [2.75, 3.05) is 6.54 Å². The third kappa shape index (κ3) is 2.74. The summed E-state index contributed by atoms with van der Waals surface area (Å²) in [6, 6.07) is 4.28. The number of thioether (sulfide) groups is 1. The van der Waals surface area contributed by atoms with Crippen molar-refractivity contribution in [1.82, 2.24) is 4.90 Å². The Kier molecular flexibility index (Phi) is 4.11. The highest BCUT2D eigenvalue weighted by Gasteiger charge is 2.30. The lowest BCUT2D eigenvalue weighted by molar-refractivity contribution is -0.121. The Morgan fingerprint density at radius 1 is 1.21 bits per heavy atom. The molecule has 1 fully saturated rings. The van der Waals surface area contributed by atoms with E-state index in [-0.39, 0.29) is 5.91 Å². The number of benzene rings is 1. The lowest BCUT2D eigenvalue weighted by atomic mass is 10.0. The average Bonchev–Trinajstić information content (AvgIpc) is 2.61. The number of hydrogen-bond acceptors (Lipinski definition) is 3. The predicted molar refractivity (Wildman–Crippen MR) is 86.2 cm³/mol. The summed E-state index contributed by atoms with van der Waals surface area (Å²) < 4.78 is 0.653. The Labute approximate surface area is 123 Å². The maximum Gasteiger partial charge on any atom is 0.266 e. The molecule has 0 N–H and O–H groups in total. The number of hydrogen-bond donors (Lipinski definition) is 0. The maximum absolute atomic E-state index is 12.2. The first-order chi connectivity index (χ1) is 8.93. The molecule has 0 bridgehead atoms. The van der Waals surface area contributed by atoms with Gasteiger partial charge in [0.15, 0.2) is 0 Å². The third-order valence-electron chi connectivity index (χ3n) is 3.36. The van der Waals surface area contributed by atoms with Crippen molar-refractivity contribution in [3.63, 3.8) is 0 Å². The van der Waals surface area contributed by atoms with Crippen LogP contribution in [0.5, 0.6) is 0 Å². The van der Waals surface area contributed by atoms with Gasteiger partial charge in [-0.3, -0.25) is 9.69 Å². The second-order valence-corrected chi connectivity index (χ2v) is 6.39. The molecule has 0 atom stereocenters. The zero-order valence-corrected chi connectivity index (χ0v) is 13.2. The van der Waals surface area contributed by atoms with Crippen molar-refractivity contribution < 1.29 is 4.79 Å². The van der Waals surface area contributed by atoms with Crippen molar-refractivity contribution in [1.29, 1.82) is 0 Å². The molecule has 0 aliphatic carbocycles. The van der Waals surface area contributed by atoms with E-state index in [1.807, 2.05) is 13.0 Å². The highest BCUT2D eigenvalue weighted by molar-refractivity contribution is 8.26. The lowest BCUT2D eigenvalue weighted by Gasteiger charge is -2.10. The van der Waals surface area contributed by atoms with Gasteiger partial charge < -0.3 is 0 Å². The summed E-state index contributed by atoms with van der Waals surface area (Å²) in [5.41, 5.74) is 4.79. The molecule has 4 heteroatoms. The topological polar surface area (TPSA) is 20.3 Å². The van der Waals surface area contributed by atoms with Gasteiger partial charge in [0.05, 0.1) is 4.91 Å². The molecule has 1 saturated heterocycles. The summed E-state index contributed by atoms with van der Waals surface area (Å²) >= 11 is 6.61. The van der Waals surface area contributed by atoms with E-state index in [0.717, 1.165) is 10.5 Å². The smallest absolute Gasteiger partial charge is 0.266 e. The number of carbonyl (C=O) groups excluding carboxylic acids is 1. The minimum absolute atomic E-state index is 0.0233. The van der Waals surface area contributed by atoms with Crippen LogP contribution in [0.3, 0.4) is 0 Å². The fourth-order valence-corrected chi connectivity index (χ4v) is 3.43. The summed E-state index contributed by atoms with van der Waals surface area (Å²) in [4.78, 5) is 14.5. The Hall–Kier alpha value is -1.13. The summed E-state index contributed by atoms with van der Waals surface area (Å²) in [5.74, 6) is 0.0233.